The number of hydrogen-bond donors (Lipinski definition) is 0. The number of rotatable bonds is 5. The number of benzene rings is 1. The molecular weight excluding hydrogens is 410 g/mol. The molecule has 0 amide bonds. The smallest absolute Gasteiger partial charge is 0.810 e. The molecule has 1 rings (SSSR count). The molecule has 1 aromatic carbocycles. The Morgan fingerprint density at radius 2 is 1.14 bits per heavy atom. The van der Waals surface area contributed by atoms with Crippen molar-refractivity contribution in [1.82, 2.24) is 0 Å². The molecule has 0 atom stereocenters. The predicted molar refractivity (Wildman–Crippen MR) is 63.1 cm³/mol. The summed E-state index contributed by atoms with van der Waals surface area (Å²) in [5.74, 6) is 0. The van der Waals surface area contributed by atoms with Gasteiger partial charge in [0.2, 0.25) is 0 Å². The van der Waals surface area contributed by atoms with E-state index < -0.39 is 19.9 Å². The van der Waals surface area contributed by atoms with Gasteiger partial charge in [-0.05, 0) is 45.7 Å². The van der Waals surface area contributed by atoms with Gasteiger partial charge in [0.25, 0.3) is 0 Å². The second-order valence-electron chi connectivity index (χ2n) is 3.20. The number of thioether (sulfide) groups is 2. The van der Waals surface area contributed by atoms with Crippen molar-refractivity contribution in [3.63, 3.8) is 0 Å². The first-order valence-electron chi connectivity index (χ1n) is 4.49. The summed E-state index contributed by atoms with van der Waals surface area (Å²) in [5.41, 5.74) is 0. The molecule has 0 saturated carbocycles. The molecule has 0 N–H and O–H groups in total. The van der Waals surface area contributed by atoms with Crippen molar-refractivity contribution in [2.45, 2.75) is 14.5 Å². The first kappa shape index (κ1) is 33.8. The Hall–Kier alpha value is 4.22. The molecule has 0 unspecified atom stereocenters. The first-order valence-corrected chi connectivity index (χ1v) is 9.81. The molecule has 0 heterocycles. The second kappa shape index (κ2) is 15.2. The van der Waals surface area contributed by atoms with Gasteiger partial charge >= 0.3 is 118 Å². The van der Waals surface area contributed by atoms with E-state index in [9.17, 15) is 28.7 Å². The summed E-state index contributed by atoms with van der Waals surface area (Å²) in [6, 6.07) is 6.17. The minimum atomic E-state index is -5.51. The molecular formula is C8H8Na4O6P2S2. The average molecular weight is 418 g/mol. The Labute approximate surface area is 226 Å². The van der Waals surface area contributed by atoms with Crippen LogP contribution in [0.5, 0.6) is 0 Å². The summed E-state index contributed by atoms with van der Waals surface area (Å²) in [4.78, 5) is 44.2. The molecule has 0 aliphatic rings. The average Bonchev–Trinajstić information content (AvgIpc) is 2.23. The zero-order chi connectivity index (χ0) is 14.0. The molecule has 0 fully saturated rings. The van der Waals surface area contributed by atoms with E-state index in [4.69, 9.17) is 0 Å². The molecule has 6 nitrogen and oxygen atoms in total. The number of hydrogen-bond acceptors (Lipinski definition) is 8. The van der Waals surface area contributed by atoms with Gasteiger partial charge < -0.3 is 28.7 Å². The maximum absolute atomic E-state index is 10.8. The molecule has 0 saturated heterocycles. The van der Waals surface area contributed by atoms with Gasteiger partial charge in [-0.15, -0.1) is 23.5 Å². The Kier molecular flexibility index (Phi) is 23.3. The van der Waals surface area contributed by atoms with Crippen molar-refractivity contribution in [2.75, 3.05) is 6.26 Å². The maximum atomic E-state index is 10.8. The fourth-order valence-corrected chi connectivity index (χ4v) is 5.17. The van der Waals surface area contributed by atoms with Crippen LogP contribution in [0.4, 0.5) is 0 Å². The van der Waals surface area contributed by atoms with Gasteiger partial charge in [0.05, 0.1) is 4.73 Å². The molecule has 0 spiro atoms. The van der Waals surface area contributed by atoms with E-state index >= 15 is 0 Å². The van der Waals surface area contributed by atoms with E-state index in [1.165, 1.54) is 23.9 Å². The van der Waals surface area contributed by atoms with Crippen LogP contribution in [0.25, 0.3) is 0 Å². The Balaban J connectivity index is -0.000000405. The summed E-state index contributed by atoms with van der Waals surface area (Å²) < 4.78 is 19.1. The topological polar surface area (TPSA) is 126 Å². The van der Waals surface area contributed by atoms with Gasteiger partial charge in [-0.2, -0.15) is 0 Å². The fraction of sp³-hybridized carbons (Fsp3) is 0.250. The van der Waals surface area contributed by atoms with Crippen LogP contribution < -0.4 is 138 Å². The fourth-order valence-electron chi connectivity index (χ4n) is 1.08. The molecule has 1 aromatic rings. The minimum Gasteiger partial charge on any atom is -0.810 e. The Morgan fingerprint density at radius 1 is 0.818 bits per heavy atom. The van der Waals surface area contributed by atoms with Gasteiger partial charge in [-0.3, -0.25) is 0 Å². The summed E-state index contributed by atoms with van der Waals surface area (Å²) in [6.45, 7) is 0. The van der Waals surface area contributed by atoms with Crippen LogP contribution in [0.3, 0.4) is 0 Å². The van der Waals surface area contributed by atoms with E-state index in [1.54, 1.807) is 12.1 Å². The molecule has 0 aliphatic carbocycles. The quantitative estimate of drug-likeness (QED) is 0.262. The van der Waals surface area contributed by atoms with Gasteiger partial charge in [-0.25, -0.2) is 0 Å². The predicted octanol–water partition coefficient (Wildman–Crippen LogP) is -12.4. The SMILES string of the molecule is CSc1ccc(SC(P(=O)([O-])[O-])P(=O)([O-])[O-])cc1.[Na+].[Na+].[Na+].[Na+]. The van der Waals surface area contributed by atoms with E-state index in [-0.39, 0.29) is 135 Å². The third-order valence-corrected chi connectivity index (χ3v) is 8.30. The third kappa shape index (κ3) is 12.6. The molecule has 0 radical (unpaired) electrons. The summed E-state index contributed by atoms with van der Waals surface area (Å²) in [6.07, 6.45) is 1.83. The normalized spacial score (nSPS) is 10.6. The molecule has 0 aromatic heterocycles. The van der Waals surface area contributed by atoms with Gasteiger partial charge in [0.15, 0.2) is 0 Å². The van der Waals surface area contributed by atoms with Crippen molar-refractivity contribution < 1.29 is 147 Å². The van der Waals surface area contributed by atoms with Crippen molar-refractivity contribution >= 4 is 38.7 Å². The first-order chi connectivity index (χ1) is 8.14. The zero-order valence-electron chi connectivity index (χ0n) is 13.0. The third-order valence-electron chi connectivity index (χ3n) is 1.84. The van der Waals surface area contributed by atoms with Crippen LogP contribution in [-0.4, -0.2) is 11.0 Å². The maximum Gasteiger partial charge on any atom is 1.00 e. The van der Waals surface area contributed by atoms with Crippen molar-refractivity contribution in [3.8, 4) is 0 Å². The van der Waals surface area contributed by atoms with E-state index in [0.29, 0.717) is 0 Å². The minimum absolute atomic E-state index is 0. The molecule has 22 heavy (non-hydrogen) atoms. The van der Waals surface area contributed by atoms with Crippen LogP contribution >= 0.6 is 38.7 Å². The molecule has 0 aliphatic heterocycles. The molecule has 14 heteroatoms. The van der Waals surface area contributed by atoms with Crippen molar-refractivity contribution in [2.24, 2.45) is 0 Å². The summed E-state index contributed by atoms with van der Waals surface area (Å²) >= 11 is 1.68. The van der Waals surface area contributed by atoms with Crippen LogP contribution in [-0.2, 0) is 9.13 Å². The van der Waals surface area contributed by atoms with Crippen LogP contribution in [0.15, 0.2) is 34.1 Å². The van der Waals surface area contributed by atoms with Crippen LogP contribution in [0.2, 0.25) is 0 Å². The van der Waals surface area contributed by atoms with E-state index in [2.05, 4.69) is 0 Å². The Bertz CT molecular complexity index is 486. The largest absolute Gasteiger partial charge is 1.00 e. The summed E-state index contributed by atoms with van der Waals surface area (Å²) in [5, 5.41) is 0. The zero-order valence-corrected chi connectivity index (χ0v) is 24.5. The van der Waals surface area contributed by atoms with Crippen LogP contribution in [0, 0.1) is 0 Å². The Morgan fingerprint density at radius 3 is 1.41 bits per heavy atom. The monoisotopic (exact) mass is 418 g/mol. The summed E-state index contributed by atoms with van der Waals surface area (Å²) in [7, 11) is -11.0. The molecule has 0 bridgehead atoms. The van der Waals surface area contributed by atoms with Gasteiger partial charge in [0, 0.05) is 9.79 Å². The van der Waals surface area contributed by atoms with Gasteiger partial charge in [-0.1, -0.05) is 0 Å². The van der Waals surface area contributed by atoms with E-state index in [0.717, 1.165) is 4.90 Å². The van der Waals surface area contributed by atoms with Crippen LogP contribution in [0.1, 0.15) is 0 Å². The van der Waals surface area contributed by atoms with Gasteiger partial charge in [0.1, 0.15) is 0 Å². The standard InChI is InChI=1S/C8H12O6P2S2.4Na/c1-17-6-2-4-7(5-3-6)18-8(15(9,10)11)16(12,13)14;;;;/h2-5,8H,1H3,(H2,9,10,11)(H2,12,13,14);;;;/q;4*+1/p-4. The molecule has 102 valence electrons. The van der Waals surface area contributed by atoms with E-state index in [1.807, 2.05) is 6.26 Å². The second-order valence-corrected chi connectivity index (χ2v) is 9.56. The van der Waals surface area contributed by atoms with Crippen molar-refractivity contribution in [3.05, 3.63) is 24.3 Å². The van der Waals surface area contributed by atoms with Crippen molar-refractivity contribution in [1.29, 1.82) is 0 Å².